The molecule has 2 saturated heterocycles. The van der Waals surface area contributed by atoms with Gasteiger partial charge in [0.1, 0.15) is 0 Å². The molecule has 0 bridgehead atoms. The van der Waals surface area contributed by atoms with Gasteiger partial charge in [-0.1, -0.05) is 6.92 Å². The van der Waals surface area contributed by atoms with Gasteiger partial charge >= 0.3 is 0 Å². The number of hydrogen-bond donors (Lipinski definition) is 1. The molecule has 0 aromatic carbocycles. The molecular weight excluding hydrogens is 228 g/mol. The van der Waals surface area contributed by atoms with Crippen LogP contribution in [-0.2, 0) is 9.53 Å². The lowest BCUT2D eigenvalue weighted by Crippen LogP contribution is -2.38. The summed E-state index contributed by atoms with van der Waals surface area (Å²) in [6, 6.07) is 0. The van der Waals surface area contributed by atoms with E-state index < -0.39 is 0 Å². The fraction of sp³-hybridized carbons (Fsp3) is 0.929. The molecule has 2 rings (SSSR count). The fourth-order valence-electron chi connectivity index (χ4n) is 2.93. The summed E-state index contributed by atoms with van der Waals surface area (Å²) >= 11 is 0. The molecule has 18 heavy (non-hydrogen) atoms. The summed E-state index contributed by atoms with van der Waals surface area (Å²) in [5.41, 5.74) is 0. The van der Waals surface area contributed by atoms with E-state index in [2.05, 4.69) is 12.2 Å². The second-order valence-electron chi connectivity index (χ2n) is 5.63. The lowest BCUT2D eigenvalue weighted by atomic mass is 9.85. The lowest BCUT2D eigenvalue weighted by Gasteiger charge is -2.29. The highest BCUT2D eigenvalue weighted by Gasteiger charge is 2.24. The van der Waals surface area contributed by atoms with E-state index >= 15 is 0 Å². The molecule has 2 fully saturated rings. The van der Waals surface area contributed by atoms with Crippen LogP contribution in [0.3, 0.4) is 0 Å². The first-order valence-corrected chi connectivity index (χ1v) is 7.33. The predicted molar refractivity (Wildman–Crippen MR) is 71.4 cm³/mol. The molecule has 2 unspecified atom stereocenters. The lowest BCUT2D eigenvalue weighted by molar-refractivity contribution is -0.132. The zero-order chi connectivity index (χ0) is 12.8. The maximum absolute atomic E-state index is 12.3. The highest BCUT2D eigenvalue weighted by Crippen LogP contribution is 2.23. The van der Waals surface area contributed by atoms with Gasteiger partial charge in [-0.2, -0.15) is 0 Å². The van der Waals surface area contributed by atoms with Gasteiger partial charge in [0.05, 0.1) is 6.61 Å². The molecule has 2 atom stereocenters. The Kier molecular flexibility index (Phi) is 5.45. The average molecular weight is 254 g/mol. The molecule has 2 heterocycles. The van der Waals surface area contributed by atoms with Crippen LogP contribution < -0.4 is 5.32 Å². The Bertz CT molecular complexity index is 257. The van der Waals surface area contributed by atoms with Gasteiger partial charge < -0.3 is 15.0 Å². The molecule has 0 saturated carbocycles. The van der Waals surface area contributed by atoms with Crippen LogP contribution in [0.1, 0.15) is 32.6 Å². The van der Waals surface area contributed by atoms with Crippen LogP contribution in [0.2, 0.25) is 0 Å². The fourth-order valence-corrected chi connectivity index (χ4v) is 2.93. The zero-order valence-electron chi connectivity index (χ0n) is 11.5. The minimum atomic E-state index is 0.318. The van der Waals surface area contributed by atoms with Gasteiger partial charge in [-0.3, -0.25) is 4.79 Å². The molecule has 1 amide bonds. The standard InChI is InChI=1S/C14H26N2O2/c1-12(13-4-2-5-15-11-13)10-14(17)16-6-3-8-18-9-7-16/h12-13,15H,2-11H2,1H3. The minimum absolute atomic E-state index is 0.318. The number of carbonyl (C=O) groups is 1. The number of hydrogen-bond acceptors (Lipinski definition) is 3. The normalized spacial score (nSPS) is 27.6. The molecule has 0 aliphatic carbocycles. The molecule has 104 valence electrons. The first-order valence-electron chi connectivity index (χ1n) is 7.33. The van der Waals surface area contributed by atoms with E-state index in [0.29, 0.717) is 30.8 Å². The second kappa shape index (κ2) is 7.10. The Morgan fingerprint density at radius 2 is 2.28 bits per heavy atom. The summed E-state index contributed by atoms with van der Waals surface area (Å²) < 4.78 is 5.39. The van der Waals surface area contributed by atoms with Crippen molar-refractivity contribution in [2.75, 3.05) is 39.4 Å². The van der Waals surface area contributed by atoms with E-state index in [1.165, 1.54) is 12.8 Å². The molecule has 1 N–H and O–H groups in total. The molecule has 2 aliphatic rings. The van der Waals surface area contributed by atoms with E-state index in [9.17, 15) is 4.79 Å². The van der Waals surface area contributed by atoms with Crippen LogP contribution in [0.15, 0.2) is 0 Å². The van der Waals surface area contributed by atoms with Crippen molar-refractivity contribution in [1.29, 1.82) is 0 Å². The maximum Gasteiger partial charge on any atom is 0.222 e. The molecule has 0 spiro atoms. The van der Waals surface area contributed by atoms with Gasteiger partial charge in [0.15, 0.2) is 0 Å². The highest BCUT2D eigenvalue weighted by atomic mass is 16.5. The van der Waals surface area contributed by atoms with Crippen molar-refractivity contribution in [3.05, 3.63) is 0 Å². The number of ether oxygens (including phenoxy) is 1. The van der Waals surface area contributed by atoms with Crippen molar-refractivity contribution >= 4 is 5.91 Å². The maximum atomic E-state index is 12.3. The number of nitrogens with one attached hydrogen (secondary N) is 1. The molecule has 4 nitrogen and oxygen atoms in total. The van der Waals surface area contributed by atoms with Crippen LogP contribution in [0.5, 0.6) is 0 Å². The van der Waals surface area contributed by atoms with E-state index in [-0.39, 0.29) is 0 Å². The number of nitrogens with zero attached hydrogens (tertiary/aromatic N) is 1. The molecule has 0 aromatic rings. The molecule has 2 aliphatic heterocycles. The van der Waals surface area contributed by atoms with E-state index in [1.807, 2.05) is 4.90 Å². The van der Waals surface area contributed by atoms with E-state index in [0.717, 1.165) is 39.2 Å². The van der Waals surface area contributed by atoms with Crippen molar-refractivity contribution in [3.63, 3.8) is 0 Å². The van der Waals surface area contributed by atoms with Gasteiger partial charge in [-0.05, 0) is 44.2 Å². The summed E-state index contributed by atoms with van der Waals surface area (Å²) in [6.45, 7) is 7.59. The highest BCUT2D eigenvalue weighted by molar-refractivity contribution is 5.76. The Labute approximate surface area is 110 Å². The number of amides is 1. The van der Waals surface area contributed by atoms with Crippen LogP contribution in [0.4, 0.5) is 0 Å². The number of piperidine rings is 1. The number of carbonyl (C=O) groups excluding carboxylic acids is 1. The van der Waals surface area contributed by atoms with Gasteiger partial charge in [0, 0.05) is 26.1 Å². The molecular formula is C14H26N2O2. The van der Waals surface area contributed by atoms with Gasteiger partial charge in [-0.25, -0.2) is 0 Å². The van der Waals surface area contributed by atoms with Crippen LogP contribution in [-0.4, -0.2) is 50.2 Å². The molecule has 4 heteroatoms. The number of rotatable bonds is 3. The topological polar surface area (TPSA) is 41.6 Å². The monoisotopic (exact) mass is 254 g/mol. The van der Waals surface area contributed by atoms with Gasteiger partial charge in [0.25, 0.3) is 0 Å². The van der Waals surface area contributed by atoms with Crippen molar-refractivity contribution < 1.29 is 9.53 Å². The third kappa shape index (κ3) is 3.95. The van der Waals surface area contributed by atoms with Crippen LogP contribution in [0.25, 0.3) is 0 Å². The minimum Gasteiger partial charge on any atom is -0.380 e. The third-order valence-corrected chi connectivity index (χ3v) is 4.21. The molecule has 0 aromatic heterocycles. The third-order valence-electron chi connectivity index (χ3n) is 4.21. The van der Waals surface area contributed by atoms with Crippen molar-refractivity contribution in [2.45, 2.75) is 32.6 Å². The average Bonchev–Trinajstić information content (AvgIpc) is 2.68. The summed E-state index contributed by atoms with van der Waals surface area (Å²) in [7, 11) is 0. The predicted octanol–water partition coefficient (Wildman–Crippen LogP) is 1.26. The Hall–Kier alpha value is -0.610. The Balaban J connectivity index is 1.77. The quantitative estimate of drug-likeness (QED) is 0.824. The van der Waals surface area contributed by atoms with E-state index in [1.54, 1.807) is 0 Å². The SMILES string of the molecule is CC(CC(=O)N1CCCOCC1)C1CCCNC1. The Morgan fingerprint density at radius 1 is 1.39 bits per heavy atom. The first kappa shape index (κ1) is 13.8. The van der Waals surface area contributed by atoms with E-state index in [4.69, 9.17) is 4.74 Å². The van der Waals surface area contributed by atoms with Crippen molar-refractivity contribution in [2.24, 2.45) is 11.8 Å². The van der Waals surface area contributed by atoms with Crippen LogP contribution >= 0.6 is 0 Å². The summed E-state index contributed by atoms with van der Waals surface area (Å²) in [5.74, 6) is 1.49. The van der Waals surface area contributed by atoms with Crippen molar-refractivity contribution in [1.82, 2.24) is 10.2 Å². The second-order valence-corrected chi connectivity index (χ2v) is 5.63. The Morgan fingerprint density at radius 3 is 3.06 bits per heavy atom. The van der Waals surface area contributed by atoms with Crippen molar-refractivity contribution in [3.8, 4) is 0 Å². The molecule has 0 radical (unpaired) electrons. The smallest absolute Gasteiger partial charge is 0.222 e. The summed E-state index contributed by atoms with van der Waals surface area (Å²) in [6.07, 6.45) is 4.20. The van der Waals surface area contributed by atoms with Gasteiger partial charge in [-0.15, -0.1) is 0 Å². The summed E-state index contributed by atoms with van der Waals surface area (Å²) in [4.78, 5) is 14.2. The van der Waals surface area contributed by atoms with Crippen LogP contribution in [0, 0.1) is 11.8 Å². The summed E-state index contributed by atoms with van der Waals surface area (Å²) in [5, 5.41) is 3.43. The largest absolute Gasteiger partial charge is 0.380 e. The van der Waals surface area contributed by atoms with Gasteiger partial charge in [0.2, 0.25) is 5.91 Å². The first-order chi connectivity index (χ1) is 8.77. The zero-order valence-corrected chi connectivity index (χ0v) is 11.5.